The lowest BCUT2D eigenvalue weighted by atomic mass is 10.1. The van der Waals surface area contributed by atoms with Crippen LogP contribution in [0, 0.1) is 0 Å². The summed E-state index contributed by atoms with van der Waals surface area (Å²) in [4.78, 5) is 25.0. The van der Waals surface area contributed by atoms with Gasteiger partial charge in [-0.05, 0) is 42.5 Å². The number of hydrogen-bond donors (Lipinski definition) is 2. The van der Waals surface area contributed by atoms with Crippen LogP contribution < -0.4 is 5.32 Å². The third-order valence-electron chi connectivity index (χ3n) is 3.96. The maximum atomic E-state index is 12.3. The van der Waals surface area contributed by atoms with Crippen molar-refractivity contribution in [2.24, 2.45) is 0 Å². The number of carboxylic acids is 1. The topological polar surface area (TPSA) is 79.5 Å². The monoisotopic (exact) mass is 397 g/mol. The molecule has 134 valence electrons. The van der Waals surface area contributed by atoms with Crippen LogP contribution in [0.4, 0.5) is 5.69 Å². The first-order valence-electron chi connectivity index (χ1n) is 7.94. The maximum absolute atomic E-state index is 12.3. The van der Waals surface area contributed by atoms with Crippen LogP contribution in [0.15, 0.2) is 68.8 Å². The number of rotatable bonds is 3. The van der Waals surface area contributed by atoms with Gasteiger partial charge in [-0.15, -0.1) is 0 Å². The number of thioether (sulfide) groups is 1. The van der Waals surface area contributed by atoms with E-state index >= 15 is 0 Å². The molecule has 1 aliphatic rings. The van der Waals surface area contributed by atoms with Crippen LogP contribution >= 0.6 is 23.4 Å². The lowest BCUT2D eigenvalue weighted by molar-refractivity contribution is -0.112. The number of benzene rings is 2. The fourth-order valence-electron chi connectivity index (χ4n) is 2.66. The minimum Gasteiger partial charge on any atom is -0.478 e. The number of aromatic carboxylic acids is 1. The molecule has 2 aromatic carbocycles. The molecule has 2 N–H and O–H groups in total. The van der Waals surface area contributed by atoms with Crippen LogP contribution in [0.3, 0.4) is 0 Å². The average molecular weight is 398 g/mol. The van der Waals surface area contributed by atoms with Crippen molar-refractivity contribution in [3.8, 4) is 11.3 Å². The molecule has 0 spiro atoms. The lowest BCUT2D eigenvalue weighted by Gasteiger charge is -2.17. The van der Waals surface area contributed by atoms with E-state index in [4.69, 9.17) is 16.0 Å². The number of para-hydroxylation sites is 1. The second-order valence-electron chi connectivity index (χ2n) is 5.76. The van der Waals surface area contributed by atoms with Crippen molar-refractivity contribution in [3.05, 3.63) is 75.8 Å². The van der Waals surface area contributed by atoms with Gasteiger partial charge in [0.25, 0.3) is 5.91 Å². The van der Waals surface area contributed by atoms with Gasteiger partial charge in [0, 0.05) is 16.5 Å². The Morgan fingerprint density at radius 2 is 1.96 bits per heavy atom. The van der Waals surface area contributed by atoms with E-state index in [1.54, 1.807) is 24.3 Å². The molecule has 0 bridgehead atoms. The molecule has 3 aromatic rings. The summed E-state index contributed by atoms with van der Waals surface area (Å²) in [5, 5.41) is 12.2. The van der Waals surface area contributed by atoms with Gasteiger partial charge < -0.3 is 14.8 Å². The van der Waals surface area contributed by atoms with Gasteiger partial charge >= 0.3 is 5.97 Å². The standard InChI is InChI=1S/C20H12ClNO4S/c21-14-7-5-11(9-13(14)20(24)25)16-8-6-12(26-16)10-18-19(23)22-15-3-1-2-4-17(15)27-18/h1-10H,(H,22,23)(H,24,25)/b18-10-. The maximum Gasteiger partial charge on any atom is 0.337 e. The van der Waals surface area contributed by atoms with E-state index in [0.717, 1.165) is 10.6 Å². The zero-order chi connectivity index (χ0) is 19.0. The molecule has 0 saturated heterocycles. The summed E-state index contributed by atoms with van der Waals surface area (Å²) in [5.41, 5.74) is 1.38. The van der Waals surface area contributed by atoms with Gasteiger partial charge in [-0.3, -0.25) is 4.79 Å². The molecule has 1 aliphatic heterocycles. The molecule has 0 saturated carbocycles. The van der Waals surface area contributed by atoms with Crippen LogP contribution in [0.5, 0.6) is 0 Å². The molecule has 4 rings (SSSR count). The molecule has 2 heterocycles. The summed E-state index contributed by atoms with van der Waals surface area (Å²) in [7, 11) is 0. The number of fused-ring (bicyclic) bond motifs is 1. The van der Waals surface area contributed by atoms with Gasteiger partial charge in [-0.2, -0.15) is 0 Å². The molecule has 0 radical (unpaired) electrons. The van der Waals surface area contributed by atoms with Gasteiger partial charge in [0.15, 0.2) is 0 Å². The lowest BCUT2D eigenvalue weighted by Crippen LogP contribution is -2.16. The van der Waals surface area contributed by atoms with E-state index in [0.29, 0.717) is 22.0 Å². The minimum absolute atomic E-state index is 0.00397. The molecule has 7 heteroatoms. The molecule has 1 amide bonds. The van der Waals surface area contributed by atoms with Crippen LogP contribution in [0.1, 0.15) is 16.1 Å². The molecule has 27 heavy (non-hydrogen) atoms. The quantitative estimate of drug-likeness (QED) is 0.580. The highest BCUT2D eigenvalue weighted by Crippen LogP contribution is 2.39. The summed E-state index contributed by atoms with van der Waals surface area (Å²) < 4.78 is 5.78. The summed E-state index contributed by atoms with van der Waals surface area (Å²) in [6, 6.07) is 15.7. The van der Waals surface area contributed by atoms with Gasteiger partial charge in [-0.25, -0.2) is 4.79 Å². The van der Waals surface area contributed by atoms with Crippen molar-refractivity contribution in [2.45, 2.75) is 4.90 Å². The first-order chi connectivity index (χ1) is 13.0. The van der Waals surface area contributed by atoms with Crippen LogP contribution in [-0.4, -0.2) is 17.0 Å². The summed E-state index contributed by atoms with van der Waals surface area (Å²) in [6.45, 7) is 0. The van der Waals surface area contributed by atoms with Gasteiger partial charge in [0.05, 0.1) is 21.2 Å². The number of carbonyl (C=O) groups excluding carboxylic acids is 1. The first kappa shape index (κ1) is 17.5. The van der Waals surface area contributed by atoms with Crippen molar-refractivity contribution in [2.75, 3.05) is 5.32 Å². The predicted molar refractivity (Wildman–Crippen MR) is 105 cm³/mol. The Hall–Kier alpha value is -2.96. The zero-order valence-electron chi connectivity index (χ0n) is 13.7. The molecular weight excluding hydrogens is 386 g/mol. The smallest absolute Gasteiger partial charge is 0.337 e. The van der Waals surface area contributed by atoms with Crippen molar-refractivity contribution < 1.29 is 19.1 Å². The number of carbonyl (C=O) groups is 2. The van der Waals surface area contributed by atoms with Gasteiger partial charge in [0.2, 0.25) is 0 Å². The van der Waals surface area contributed by atoms with Crippen LogP contribution in [-0.2, 0) is 4.79 Å². The van der Waals surface area contributed by atoms with Crippen LogP contribution in [0.2, 0.25) is 5.02 Å². The SMILES string of the molecule is O=C1Nc2ccccc2S/C1=C\c1ccc(-c2ccc(Cl)c(C(=O)O)c2)o1. The van der Waals surface area contributed by atoms with E-state index < -0.39 is 5.97 Å². The fraction of sp³-hybridized carbons (Fsp3) is 0. The van der Waals surface area contributed by atoms with E-state index in [1.165, 1.54) is 23.9 Å². The number of hydrogen-bond acceptors (Lipinski definition) is 4. The molecule has 0 aliphatic carbocycles. The highest BCUT2D eigenvalue weighted by Gasteiger charge is 2.21. The molecule has 0 unspecified atom stereocenters. The largest absolute Gasteiger partial charge is 0.478 e. The molecule has 0 fully saturated rings. The highest BCUT2D eigenvalue weighted by atomic mass is 35.5. The third kappa shape index (κ3) is 3.49. The highest BCUT2D eigenvalue weighted by molar-refractivity contribution is 8.04. The Balaban J connectivity index is 1.64. The number of furan rings is 1. The summed E-state index contributed by atoms with van der Waals surface area (Å²) in [6.07, 6.45) is 1.66. The number of amides is 1. The number of anilines is 1. The number of nitrogens with one attached hydrogen (secondary N) is 1. The molecule has 0 atom stereocenters. The van der Waals surface area contributed by atoms with Crippen molar-refractivity contribution >= 4 is 47.0 Å². The predicted octanol–water partition coefficient (Wildman–Crippen LogP) is 5.38. The average Bonchev–Trinajstić information content (AvgIpc) is 3.11. The van der Waals surface area contributed by atoms with E-state index in [-0.39, 0.29) is 16.5 Å². The Kier molecular flexibility index (Phi) is 4.51. The van der Waals surface area contributed by atoms with E-state index in [9.17, 15) is 14.7 Å². The van der Waals surface area contributed by atoms with E-state index in [1.807, 2.05) is 24.3 Å². The van der Waals surface area contributed by atoms with Crippen LogP contribution in [0.25, 0.3) is 17.4 Å². The molecular formula is C20H12ClNO4S. The molecule has 1 aromatic heterocycles. The molecule has 5 nitrogen and oxygen atoms in total. The Bertz CT molecular complexity index is 1100. The zero-order valence-corrected chi connectivity index (χ0v) is 15.3. The first-order valence-corrected chi connectivity index (χ1v) is 9.14. The third-order valence-corrected chi connectivity index (χ3v) is 5.39. The summed E-state index contributed by atoms with van der Waals surface area (Å²) in [5.74, 6) is -0.322. The normalized spacial score (nSPS) is 14.7. The number of halogens is 1. The van der Waals surface area contributed by atoms with Crippen molar-refractivity contribution in [3.63, 3.8) is 0 Å². The minimum atomic E-state index is -1.11. The van der Waals surface area contributed by atoms with Crippen molar-refractivity contribution in [1.29, 1.82) is 0 Å². The second-order valence-corrected chi connectivity index (χ2v) is 7.25. The summed E-state index contributed by atoms with van der Waals surface area (Å²) >= 11 is 7.27. The Morgan fingerprint density at radius 3 is 2.78 bits per heavy atom. The fourth-order valence-corrected chi connectivity index (χ4v) is 3.79. The van der Waals surface area contributed by atoms with Crippen molar-refractivity contribution in [1.82, 2.24) is 0 Å². The van der Waals surface area contributed by atoms with Gasteiger partial charge in [0.1, 0.15) is 11.5 Å². The number of carboxylic acid groups (broad SMARTS) is 1. The Morgan fingerprint density at radius 1 is 1.15 bits per heavy atom. The van der Waals surface area contributed by atoms with E-state index in [2.05, 4.69) is 5.32 Å². The second kappa shape index (κ2) is 6.98. The van der Waals surface area contributed by atoms with Gasteiger partial charge in [-0.1, -0.05) is 35.5 Å². The Labute approximate surface area is 163 Å².